The number of hydrogen-bond donors (Lipinski definition) is 1. The Balaban J connectivity index is 2.17. The zero-order chi connectivity index (χ0) is 10.7. The van der Waals surface area contributed by atoms with Gasteiger partial charge in [0.1, 0.15) is 0 Å². The minimum atomic E-state index is -0.427. The van der Waals surface area contributed by atoms with Crippen LogP contribution in [-0.2, 0) is 12.8 Å². The van der Waals surface area contributed by atoms with E-state index in [0.29, 0.717) is 6.42 Å². The first-order chi connectivity index (χ1) is 7.31. The molecule has 0 saturated carbocycles. The molecule has 0 saturated heterocycles. The van der Waals surface area contributed by atoms with Gasteiger partial charge in [0.05, 0.1) is 6.10 Å². The van der Waals surface area contributed by atoms with Crippen LogP contribution >= 0.6 is 0 Å². The molecule has 2 rings (SSSR count). The zero-order valence-electron chi connectivity index (χ0n) is 9.09. The molecular formula is C14H16O. The summed E-state index contributed by atoms with van der Waals surface area (Å²) in [5.41, 5.74) is 3.88. The summed E-state index contributed by atoms with van der Waals surface area (Å²) in [6.45, 7) is 1.80. The number of benzene rings is 1. The van der Waals surface area contributed by atoms with Crippen LogP contribution in [0.15, 0.2) is 18.2 Å². The Labute approximate surface area is 91.1 Å². The molecule has 0 radical (unpaired) electrons. The molecule has 1 aliphatic rings. The highest BCUT2D eigenvalue weighted by molar-refractivity contribution is 5.36. The monoisotopic (exact) mass is 200 g/mol. The Kier molecular flexibility index (Phi) is 3.08. The van der Waals surface area contributed by atoms with Crippen LogP contribution in [0.5, 0.6) is 0 Å². The van der Waals surface area contributed by atoms with Crippen molar-refractivity contribution in [3.63, 3.8) is 0 Å². The SMILES string of the molecule is CC#CCC(O)c1ccc2c(c1)CCC2. The van der Waals surface area contributed by atoms with Gasteiger partial charge in [-0.05, 0) is 42.9 Å². The van der Waals surface area contributed by atoms with Gasteiger partial charge in [-0.25, -0.2) is 0 Å². The fourth-order valence-corrected chi connectivity index (χ4v) is 2.12. The fraction of sp³-hybridized carbons (Fsp3) is 0.429. The molecule has 1 aromatic rings. The third-order valence-electron chi connectivity index (χ3n) is 2.98. The smallest absolute Gasteiger partial charge is 0.0899 e. The van der Waals surface area contributed by atoms with Gasteiger partial charge >= 0.3 is 0 Å². The van der Waals surface area contributed by atoms with Crippen LogP contribution < -0.4 is 0 Å². The molecule has 1 unspecified atom stereocenters. The Morgan fingerprint density at radius 3 is 2.93 bits per heavy atom. The predicted octanol–water partition coefficient (Wildman–Crippen LogP) is 2.62. The summed E-state index contributed by atoms with van der Waals surface area (Å²) in [6, 6.07) is 6.33. The average molecular weight is 200 g/mol. The highest BCUT2D eigenvalue weighted by atomic mass is 16.3. The first-order valence-corrected chi connectivity index (χ1v) is 5.50. The van der Waals surface area contributed by atoms with Crippen molar-refractivity contribution in [2.24, 2.45) is 0 Å². The standard InChI is InChI=1S/C14H16O/c1-2-3-7-14(15)13-9-8-11-5-4-6-12(11)10-13/h8-10,14-15H,4-7H2,1H3. The zero-order valence-corrected chi connectivity index (χ0v) is 9.09. The molecule has 1 aliphatic carbocycles. The Morgan fingerprint density at radius 1 is 1.33 bits per heavy atom. The highest BCUT2D eigenvalue weighted by Gasteiger charge is 2.13. The van der Waals surface area contributed by atoms with Crippen molar-refractivity contribution in [3.05, 3.63) is 34.9 Å². The second-order valence-electron chi connectivity index (χ2n) is 4.03. The summed E-state index contributed by atoms with van der Waals surface area (Å²) in [5.74, 6) is 5.72. The van der Waals surface area contributed by atoms with E-state index in [0.717, 1.165) is 12.0 Å². The number of aliphatic hydroxyl groups is 1. The van der Waals surface area contributed by atoms with E-state index >= 15 is 0 Å². The molecule has 0 aliphatic heterocycles. The predicted molar refractivity (Wildman–Crippen MR) is 61.5 cm³/mol. The highest BCUT2D eigenvalue weighted by Crippen LogP contribution is 2.26. The van der Waals surface area contributed by atoms with E-state index < -0.39 is 6.10 Å². The molecule has 0 spiro atoms. The molecule has 0 aromatic heterocycles. The van der Waals surface area contributed by atoms with Gasteiger partial charge in [-0.2, -0.15) is 0 Å². The molecule has 0 heterocycles. The maximum atomic E-state index is 9.88. The van der Waals surface area contributed by atoms with E-state index in [1.165, 1.54) is 24.0 Å². The van der Waals surface area contributed by atoms with Crippen molar-refractivity contribution in [1.82, 2.24) is 0 Å². The van der Waals surface area contributed by atoms with E-state index in [-0.39, 0.29) is 0 Å². The lowest BCUT2D eigenvalue weighted by molar-refractivity contribution is 0.184. The van der Waals surface area contributed by atoms with Crippen LogP contribution in [0.3, 0.4) is 0 Å². The van der Waals surface area contributed by atoms with Gasteiger partial charge in [-0.1, -0.05) is 18.2 Å². The van der Waals surface area contributed by atoms with Crippen LogP contribution in [0.4, 0.5) is 0 Å². The number of rotatable bonds is 2. The molecule has 1 heteroatoms. The van der Waals surface area contributed by atoms with E-state index in [1.807, 2.05) is 6.07 Å². The second kappa shape index (κ2) is 4.51. The molecule has 15 heavy (non-hydrogen) atoms. The van der Waals surface area contributed by atoms with Gasteiger partial charge in [0.15, 0.2) is 0 Å². The van der Waals surface area contributed by atoms with Crippen molar-refractivity contribution >= 4 is 0 Å². The Morgan fingerprint density at radius 2 is 2.13 bits per heavy atom. The maximum absolute atomic E-state index is 9.88. The van der Waals surface area contributed by atoms with Gasteiger partial charge in [-0.3, -0.25) is 0 Å². The molecular weight excluding hydrogens is 184 g/mol. The lowest BCUT2D eigenvalue weighted by atomic mass is 10.0. The minimum Gasteiger partial charge on any atom is -0.387 e. The molecule has 1 N–H and O–H groups in total. The van der Waals surface area contributed by atoms with E-state index in [1.54, 1.807) is 6.92 Å². The second-order valence-corrected chi connectivity index (χ2v) is 4.03. The van der Waals surface area contributed by atoms with Gasteiger partial charge < -0.3 is 5.11 Å². The summed E-state index contributed by atoms with van der Waals surface area (Å²) in [7, 11) is 0. The van der Waals surface area contributed by atoms with Gasteiger partial charge in [-0.15, -0.1) is 11.8 Å². The number of aliphatic hydroxyl groups excluding tert-OH is 1. The summed E-state index contributed by atoms with van der Waals surface area (Å²) in [4.78, 5) is 0. The fourth-order valence-electron chi connectivity index (χ4n) is 2.12. The summed E-state index contributed by atoms with van der Waals surface area (Å²) < 4.78 is 0. The summed E-state index contributed by atoms with van der Waals surface area (Å²) in [5, 5.41) is 9.88. The van der Waals surface area contributed by atoms with Crippen molar-refractivity contribution in [1.29, 1.82) is 0 Å². The lowest BCUT2D eigenvalue weighted by Gasteiger charge is -2.09. The van der Waals surface area contributed by atoms with Gasteiger partial charge in [0.25, 0.3) is 0 Å². The molecule has 1 nitrogen and oxygen atoms in total. The number of fused-ring (bicyclic) bond motifs is 1. The quantitative estimate of drug-likeness (QED) is 0.728. The van der Waals surface area contributed by atoms with Crippen LogP contribution in [0.25, 0.3) is 0 Å². The summed E-state index contributed by atoms with van der Waals surface area (Å²) in [6.07, 6.45) is 3.72. The topological polar surface area (TPSA) is 20.2 Å². The van der Waals surface area contributed by atoms with E-state index in [2.05, 4.69) is 24.0 Å². The van der Waals surface area contributed by atoms with Crippen molar-refractivity contribution in [2.45, 2.75) is 38.7 Å². The number of hydrogen-bond acceptors (Lipinski definition) is 1. The number of aryl methyl sites for hydroxylation is 2. The normalized spacial score (nSPS) is 15.3. The molecule has 0 amide bonds. The third-order valence-corrected chi connectivity index (χ3v) is 2.98. The minimum absolute atomic E-state index is 0.427. The summed E-state index contributed by atoms with van der Waals surface area (Å²) >= 11 is 0. The molecule has 1 aromatic carbocycles. The van der Waals surface area contributed by atoms with Crippen molar-refractivity contribution in [3.8, 4) is 11.8 Å². The van der Waals surface area contributed by atoms with E-state index in [4.69, 9.17) is 0 Å². The average Bonchev–Trinajstić information content (AvgIpc) is 2.72. The Hall–Kier alpha value is -1.26. The Bertz CT molecular complexity index is 409. The molecule has 78 valence electrons. The molecule has 0 fully saturated rings. The third kappa shape index (κ3) is 2.22. The van der Waals surface area contributed by atoms with Gasteiger partial charge in [0.2, 0.25) is 0 Å². The van der Waals surface area contributed by atoms with Crippen molar-refractivity contribution in [2.75, 3.05) is 0 Å². The van der Waals surface area contributed by atoms with Gasteiger partial charge in [0, 0.05) is 6.42 Å². The van der Waals surface area contributed by atoms with Crippen LogP contribution in [0.1, 0.15) is 42.6 Å². The maximum Gasteiger partial charge on any atom is 0.0899 e. The lowest BCUT2D eigenvalue weighted by Crippen LogP contribution is -1.97. The van der Waals surface area contributed by atoms with Crippen LogP contribution in [0, 0.1) is 11.8 Å². The first-order valence-electron chi connectivity index (χ1n) is 5.50. The van der Waals surface area contributed by atoms with Crippen LogP contribution in [-0.4, -0.2) is 5.11 Å². The van der Waals surface area contributed by atoms with Crippen molar-refractivity contribution < 1.29 is 5.11 Å². The largest absolute Gasteiger partial charge is 0.387 e. The molecule has 0 bridgehead atoms. The van der Waals surface area contributed by atoms with Crippen LogP contribution in [0.2, 0.25) is 0 Å². The molecule has 1 atom stereocenters. The first kappa shape index (κ1) is 10.3. The van der Waals surface area contributed by atoms with E-state index in [9.17, 15) is 5.11 Å².